The highest BCUT2D eigenvalue weighted by molar-refractivity contribution is 5.98. The maximum Gasteiger partial charge on any atom is 0.340 e. The second kappa shape index (κ2) is 5.08. The summed E-state index contributed by atoms with van der Waals surface area (Å²) in [5, 5.41) is 0. The molecule has 1 aromatic heterocycles. The predicted molar refractivity (Wildman–Crippen MR) is 71.7 cm³/mol. The Bertz CT molecular complexity index is 552. The van der Waals surface area contributed by atoms with Crippen LogP contribution in [0, 0.1) is 13.8 Å². The van der Waals surface area contributed by atoms with E-state index in [9.17, 15) is 4.79 Å². The number of hydrogen-bond donors (Lipinski definition) is 1. The highest BCUT2D eigenvalue weighted by atomic mass is 16.5. The number of nitrogens with one attached hydrogen (secondary N) is 1. The van der Waals surface area contributed by atoms with Gasteiger partial charge in [0, 0.05) is 17.5 Å². The molecule has 0 aliphatic heterocycles. The van der Waals surface area contributed by atoms with Crippen molar-refractivity contribution in [2.45, 2.75) is 20.8 Å². The molecule has 0 spiro atoms. The van der Waals surface area contributed by atoms with Crippen LogP contribution in [0.3, 0.4) is 0 Å². The standard InChI is InChI=1S/C15H17NO2/c1-4-18-15(17)13-9-16-11(3)14(13)12-7-5-10(2)6-8-12/h5-9,16H,4H2,1-3H3. The van der Waals surface area contributed by atoms with E-state index in [-0.39, 0.29) is 5.97 Å². The molecule has 0 aliphatic rings. The highest BCUT2D eigenvalue weighted by Crippen LogP contribution is 2.28. The number of aromatic nitrogens is 1. The quantitative estimate of drug-likeness (QED) is 0.839. The Kier molecular flexibility index (Phi) is 3.51. The molecule has 0 fully saturated rings. The lowest BCUT2D eigenvalue weighted by molar-refractivity contribution is 0.0527. The van der Waals surface area contributed by atoms with Gasteiger partial charge < -0.3 is 9.72 Å². The number of benzene rings is 1. The molecule has 3 nitrogen and oxygen atoms in total. The second-order valence-corrected chi connectivity index (χ2v) is 4.29. The first-order valence-electron chi connectivity index (χ1n) is 6.05. The molecular formula is C15H17NO2. The van der Waals surface area contributed by atoms with Crippen molar-refractivity contribution in [3.05, 3.63) is 47.3 Å². The van der Waals surface area contributed by atoms with Gasteiger partial charge >= 0.3 is 5.97 Å². The topological polar surface area (TPSA) is 42.1 Å². The molecule has 2 rings (SSSR count). The third-order valence-electron chi connectivity index (χ3n) is 2.91. The fourth-order valence-corrected chi connectivity index (χ4v) is 1.99. The average Bonchev–Trinajstić information content (AvgIpc) is 2.73. The zero-order chi connectivity index (χ0) is 13.1. The summed E-state index contributed by atoms with van der Waals surface area (Å²) >= 11 is 0. The lowest BCUT2D eigenvalue weighted by atomic mass is 10.0. The summed E-state index contributed by atoms with van der Waals surface area (Å²) in [7, 11) is 0. The first-order chi connectivity index (χ1) is 8.63. The van der Waals surface area contributed by atoms with Crippen LogP contribution in [0.5, 0.6) is 0 Å². The van der Waals surface area contributed by atoms with Gasteiger partial charge in [-0.2, -0.15) is 0 Å². The number of aromatic amines is 1. The molecule has 1 heterocycles. The van der Waals surface area contributed by atoms with Gasteiger partial charge in [0.25, 0.3) is 0 Å². The summed E-state index contributed by atoms with van der Waals surface area (Å²) in [5.74, 6) is -0.280. The van der Waals surface area contributed by atoms with Crippen LogP contribution in [0.4, 0.5) is 0 Å². The van der Waals surface area contributed by atoms with Crippen LogP contribution in [0.25, 0.3) is 11.1 Å². The van der Waals surface area contributed by atoms with Crippen molar-refractivity contribution in [2.24, 2.45) is 0 Å². The van der Waals surface area contributed by atoms with E-state index in [1.54, 1.807) is 6.20 Å². The molecule has 3 heteroatoms. The van der Waals surface area contributed by atoms with Crippen molar-refractivity contribution >= 4 is 5.97 Å². The van der Waals surface area contributed by atoms with Crippen molar-refractivity contribution in [2.75, 3.05) is 6.61 Å². The van der Waals surface area contributed by atoms with Gasteiger partial charge in [0.2, 0.25) is 0 Å². The molecule has 0 atom stereocenters. The minimum absolute atomic E-state index is 0.280. The van der Waals surface area contributed by atoms with E-state index in [0.717, 1.165) is 16.8 Å². The normalized spacial score (nSPS) is 10.4. The summed E-state index contributed by atoms with van der Waals surface area (Å²) < 4.78 is 5.07. The Balaban J connectivity index is 2.46. The third-order valence-corrected chi connectivity index (χ3v) is 2.91. The Morgan fingerprint density at radius 1 is 1.22 bits per heavy atom. The van der Waals surface area contributed by atoms with E-state index in [4.69, 9.17) is 4.74 Å². The van der Waals surface area contributed by atoms with Crippen LogP contribution in [0.2, 0.25) is 0 Å². The molecule has 1 aromatic carbocycles. The smallest absolute Gasteiger partial charge is 0.340 e. The van der Waals surface area contributed by atoms with Gasteiger partial charge in [-0.15, -0.1) is 0 Å². The zero-order valence-electron chi connectivity index (χ0n) is 10.9. The molecule has 2 aromatic rings. The summed E-state index contributed by atoms with van der Waals surface area (Å²) in [4.78, 5) is 15.0. The van der Waals surface area contributed by atoms with Crippen LogP contribution in [0.15, 0.2) is 30.5 Å². The lowest BCUT2D eigenvalue weighted by Gasteiger charge is -2.06. The van der Waals surface area contributed by atoms with Crippen molar-refractivity contribution in [3.8, 4) is 11.1 Å². The molecule has 0 saturated heterocycles. The minimum atomic E-state index is -0.280. The molecule has 0 unspecified atom stereocenters. The number of H-pyrrole nitrogens is 1. The van der Waals surface area contributed by atoms with Gasteiger partial charge in [-0.3, -0.25) is 0 Å². The molecule has 0 aliphatic carbocycles. The highest BCUT2D eigenvalue weighted by Gasteiger charge is 2.17. The second-order valence-electron chi connectivity index (χ2n) is 4.29. The van der Waals surface area contributed by atoms with Crippen molar-refractivity contribution in [3.63, 3.8) is 0 Å². The van der Waals surface area contributed by atoms with Gasteiger partial charge in [-0.25, -0.2) is 4.79 Å². The van der Waals surface area contributed by atoms with Crippen LogP contribution >= 0.6 is 0 Å². The van der Waals surface area contributed by atoms with Crippen molar-refractivity contribution in [1.82, 2.24) is 4.98 Å². The first-order valence-corrected chi connectivity index (χ1v) is 6.05. The molecule has 0 saturated carbocycles. The SMILES string of the molecule is CCOC(=O)c1c[nH]c(C)c1-c1ccc(C)cc1. The largest absolute Gasteiger partial charge is 0.462 e. The molecule has 0 bridgehead atoms. The average molecular weight is 243 g/mol. The summed E-state index contributed by atoms with van der Waals surface area (Å²) in [6.07, 6.45) is 1.71. The van der Waals surface area contributed by atoms with E-state index in [1.165, 1.54) is 5.56 Å². The molecule has 0 radical (unpaired) electrons. The number of rotatable bonds is 3. The number of carbonyl (C=O) groups is 1. The van der Waals surface area contributed by atoms with E-state index < -0.39 is 0 Å². The number of carbonyl (C=O) groups excluding carboxylic acids is 1. The van der Waals surface area contributed by atoms with Crippen LogP contribution < -0.4 is 0 Å². The predicted octanol–water partition coefficient (Wildman–Crippen LogP) is 3.48. The van der Waals surface area contributed by atoms with E-state index in [2.05, 4.69) is 4.98 Å². The maximum atomic E-state index is 11.9. The van der Waals surface area contributed by atoms with Crippen molar-refractivity contribution < 1.29 is 9.53 Å². The fraction of sp³-hybridized carbons (Fsp3) is 0.267. The van der Waals surface area contributed by atoms with E-state index in [1.807, 2.05) is 45.0 Å². The zero-order valence-corrected chi connectivity index (χ0v) is 10.9. The van der Waals surface area contributed by atoms with Gasteiger partial charge in [-0.05, 0) is 26.3 Å². The fourth-order valence-electron chi connectivity index (χ4n) is 1.99. The van der Waals surface area contributed by atoms with Gasteiger partial charge in [0.05, 0.1) is 12.2 Å². The summed E-state index contributed by atoms with van der Waals surface area (Å²) in [6, 6.07) is 8.12. The van der Waals surface area contributed by atoms with Gasteiger partial charge in [0.15, 0.2) is 0 Å². The monoisotopic (exact) mass is 243 g/mol. The Hall–Kier alpha value is -2.03. The molecule has 0 amide bonds. The van der Waals surface area contributed by atoms with Crippen LogP contribution in [0.1, 0.15) is 28.5 Å². The van der Waals surface area contributed by atoms with E-state index >= 15 is 0 Å². The Morgan fingerprint density at radius 2 is 1.89 bits per heavy atom. The summed E-state index contributed by atoms with van der Waals surface area (Å²) in [5.41, 5.74) is 4.72. The van der Waals surface area contributed by atoms with Crippen LogP contribution in [-0.2, 0) is 4.74 Å². The molecule has 94 valence electrons. The van der Waals surface area contributed by atoms with Gasteiger partial charge in [-0.1, -0.05) is 29.8 Å². The van der Waals surface area contributed by atoms with Crippen molar-refractivity contribution in [1.29, 1.82) is 0 Å². The van der Waals surface area contributed by atoms with Gasteiger partial charge in [0.1, 0.15) is 0 Å². The number of aryl methyl sites for hydroxylation is 2. The first kappa shape index (κ1) is 12.4. The minimum Gasteiger partial charge on any atom is -0.462 e. The van der Waals surface area contributed by atoms with E-state index in [0.29, 0.717) is 12.2 Å². The number of ether oxygens (including phenoxy) is 1. The number of esters is 1. The Labute approximate surface area is 107 Å². The number of hydrogen-bond acceptors (Lipinski definition) is 2. The Morgan fingerprint density at radius 3 is 2.50 bits per heavy atom. The lowest BCUT2D eigenvalue weighted by Crippen LogP contribution is -2.04. The summed E-state index contributed by atoms with van der Waals surface area (Å²) in [6.45, 7) is 6.19. The molecule has 1 N–H and O–H groups in total. The van der Waals surface area contributed by atoms with Crippen LogP contribution in [-0.4, -0.2) is 17.6 Å². The molecular weight excluding hydrogens is 226 g/mol. The maximum absolute atomic E-state index is 11.9. The third kappa shape index (κ3) is 2.30. The molecule has 18 heavy (non-hydrogen) atoms.